The summed E-state index contributed by atoms with van der Waals surface area (Å²) >= 11 is 0. The van der Waals surface area contributed by atoms with Crippen LogP contribution >= 0.6 is 0 Å². The highest BCUT2D eigenvalue weighted by molar-refractivity contribution is 5.68. The zero-order chi connectivity index (χ0) is 9.26. The zero-order valence-corrected chi connectivity index (χ0v) is 6.90. The molecular weight excluding hydrogens is 168 g/mol. The average molecular weight is 176 g/mol. The minimum Gasteiger partial charge on any atom is -0.339 e. The third-order valence-electron chi connectivity index (χ3n) is 1.75. The third-order valence-corrected chi connectivity index (χ3v) is 1.75. The number of aromatic amines is 1. The average Bonchev–Trinajstić information content (AvgIpc) is 2.59. The Balaban J connectivity index is 2.77. The van der Waals surface area contributed by atoms with Gasteiger partial charge in [-0.25, -0.2) is 4.98 Å². The number of nitrogens with zero attached hydrogens (tertiary/aromatic N) is 3. The summed E-state index contributed by atoms with van der Waals surface area (Å²) in [6.45, 7) is 4.20. The number of hydrogen-bond donors (Lipinski definition) is 1. The van der Waals surface area contributed by atoms with Crippen LogP contribution in [0.2, 0.25) is 0 Å². The van der Waals surface area contributed by atoms with E-state index in [1.807, 2.05) is 0 Å². The minimum absolute atomic E-state index is 0.284. The van der Waals surface area contributed by atoms with Gasteiger partial charge < -0.3 is 9.55 Å². The van der Waals surface area contributed by atoms with Crippen molar-refractivity contribution in [3.8, 4) is 0 Å². The van der Waals surface area contributed by atoms with Gasteiger partial charge in [-0.15, -0.1) is 6.58 Å². The van der Waals surface area contributed by atoms with Crippen molar-refractivity contribution in [2.45, 2.75) is 6.54 Å². The van der Waals surface area contributed by atoms with Crippen molar-refractivity contribution in [2.24, 2.45) is 0 Å². The van der Waals surface area contributed by atoms with Gasteiger partial charge in [0.2, 0.25) is 0 Å². The van der Waals surface area contributed by atoms with Crippen LogP contribution in [0, 0.1) is 0 Å². The standard InChI is InChI=1S/C8H8N4O/c1-2-3-12-5-11-8(13)6-7(12)10-4-9-6/h2,4-5H,1,3H2,(H,9,10). The molecule has 5 heteroatoms. The summed E-state index contributed by atoms with van der Waals surface area (Å²) in [6.07, 6.45) is 4.67. The van der Waals surface area contributed by atoms with E-state index in [-0.39, 0.29) is 5.56 Å². The van der Waals surface area contributed by atoms with E-state index in [0.717, 1.165) is 0 Å². The van der Waals surface area contributed by atoms with Gasteiger partial charge in [-0.3, -0.25) is 4.79 Å². The number of aromatic nitrogens is 4. The Kier molecular flexibility index (Phi) is 1.70. The summed E-state index contributed by atoms with van der Waals surface area (Å²) in [7, 11) is 0. The summed E-state index contributed by atoms with van der Waals surface area (Å²) < 4.78 is 1.75. The molecule has 2 aromatic heterocycles. The van der Waals surface area contributed by atoms with Crippen LogP contribution in [-0.4, -0.2) is 19.5 Å². The Bertz CT molecular complexity index is 496. The van der Waals surface area contributed by atoms with Crippen LogP contribution in [0.4, 0.5) is 0 Å². The molecule has 0 bridgehead atoms. The van der Waals surface area contributed by atoms with E-state index in [2.05, 4.69) is 21.5 Å². The Morgan fingerprint density at radius 3 is 3.23 bits per heavy atom. The number of H-pyrrole nitrogens is 1. The Morgan fingerprint density at radius 2 is 2.46 bits per heavy atom. The third kappa shape index (κ3) is 1.14. The monoisotopic (exact) mass is 176 g/mol. The summed E-state index contributed by atoms with van der Waals surface area (Å²) in [5.41, 5.74) is 0.761. The fraction of sp³-hybridized carbons (Fsp3) is 0.125. The molecule has 0 spiro atoms. The molecule has 2 rings (SSSR count). The van der Waals surface area contributed by atoms with Gasteiger partial charge in [-0.05, 0) is 0 Å². The largest absolute Gasteiger partial charge is 0.339 e. The lowest BCUT2D eigenvalue weighted by molar-refractivity contribution is 0.810. The van der Waals surface area contributed by atoms with Crippen LogP contribution in [0.25, 0.3) is 11.2 Å². The van der Waals surface area contributed by atoms with Crippen LogP contribution < -0.4 is 5.56 Å². The van der Waals surface area contributed by atoms with Gasteiger partial charge in [0.25, 0.3) is 5.56 Å². The number of allylic oxidation sites excluding steroid dienone is 1. The van der Waals surface area contributed by atoms with Crippen LogP contribution in [-0.2, 0) is 6.54 Å². The fourth-order valence-corrected chi connectivity index (χ4v) is 1.18. The molecule has 0 amide bonds. The summed E-state index contributed by atoms with van der Waals surface area (Å²) in [5, 5.41) is 0. The second-order valence-electron chi connectivity index (χ2n) is 2.59. The molecule has 1 N–H and O–H groups in total. The van der Waals surface area contributed by atoms with Crippen LogP contribution in [0.3, 0.4) is 0 Å². The molecule has 0 radical (unpaired) electrons. The number of fused-ring (bicyclic) bond motifs is 1. The lowest BCUT2D eigenvalue weighted by Crippen LogP contribution is -2.11. The van der Waals surface area contributed by atoms with Gasteiger partial charge in [0.1, 0.15) is 6.33 Å². The van der Waals surface area contributed by atoms with Crippen molar-refractivity contribution >= 4 is 11.2 Å². The van der Waals surface area contributed by atoms with E-state index in [1.54, 1.807) is 10.6 Å². The molecule has 0 aromatic carbocycles. The Labute approximate surface area is 73.8 Å². The fourth-order valence-electron chi connectivity index (χ4n) is 1.18. The van der Waals surface area contributed by atoms with Crippen LogP contribution in [0.5, 0.6) is 0 Å². The summed E-state index contributed by atoms with van der Waals surface area (Å²) in [6, 6.07) is 0. The van der Waals surface area contributed by atoms with Crippen molar-refractivity contribution in [1.82, 2.24) is 19.5 Å². The van der Waals surface area contributed by atoms with Crippen molar-refractivity contribution in [3.63, 3.8) is 0 Å². The molecule has 0 saturated carbocycles. The smallest absolute Gasteiger partial charge is 0.298 e. The van der Waals surface area contributed by atoms with E-state index in [1.165, 1.54) is 12.7 Å². The van der Waals surface area contributed by atoms with Gasteiger partial charge in [0, 0.05) is 6.54 Å². The molecular formula is C8H8N4O. The number of hydrogen-bond acceptors (Lipinski definition) is 3. The molecule has 0 unspecified atom stereocenters. The van der Waals surface area contributed by atoms with Gasteiger partial charge in [0.05, 0.1) is 6.33 Å². The lowest BCUT2D eigenvalue weighted by Gasteiger charge is -2.00. The van der Waals surface area contributed by atoms with Gasteiger partial charge >= 0.3 is 0 Å². The normalized spacial score (nSPS) is 10.5. The molecule has 2 heterocycles. The first kappa shape index (κ1) is 7.72. The highest BCUT2D eigenvalue weighted by Crippen LogP contribution is 2.01. The van der Waals surface area contributed by atoms with E-state index in [0.29, 0.717) is 17.7 Å². The second kappa shape index (κ2) is 2.85. The Hall–Kier alpha value is -1.91. The van der Waals surface area contributed by atoms with E-state index < -0.39 is 0 Å². The van der Waals surface area contributed by atoms with Crippen LogP contribution in [0.1, 0.15) is 0 Å². The number of imidazole rings is 1. The molecule has 5 nitrogen and oxygen atoms in total. The molecule has 0 aliphatic rings. The first-order valence-corrected chi connectivity index (χ1v) is 3.82. The first-order valence-electron chi connectivity index (χ1n) is 3.82. The molecule has 66 valence electrons. The number of nitrogens with one attached hydrogen (secondary N) is 1. The highest BCUT2D eigenvalue weighted by atomic mass is 16.1. The van der Waals surface area contributed by atoms with Crippen molar-refractivity contribution < 1.29 is 0 Å². The van der Waals surface area contributed by atoms with E-state index in [9.17, 15) is 4.79 Å². The molecule has 0 aliphatic carbocycles. The predicted octanol–water partition coefficient (Wildman–Crippen LogP) is 0.306. The highest BCUT2D eigenvalue weighted by Gasteiger charge is 2.03. The van der Waals surface area contributed by atoms with E-state index >= 15 is 0 Å². The quantitative estimate of drug-likeness (QED) is 0.669. The van der Waals surface area contributed by atoms with Crippen molar-refractivity contribution in [3.05, 3.63) is 35.7 Å². The maximum absolute atomic E-state index is 11.2. The maximum atomic E-state index is 11.2. The topological polar surface area (TPSA) is 63.6 Å². The molecule has 2 aromatic rings. The molecule has 0 aliphatic heterocycles. The minimum atomic E-state index is -0.284. The molecule has 13 heavy (non-hydrogen) atoms. The summed E-state index contributed by atoms with van der Waals surface area (Å²) in [4.78, 5) is 21.6. The first-order chi connectivity index (χ1) is 6.33. The molecule has 0 atom stereocenters. The maximum Gasteiger partial charge on any atom is 0.298 e. The second-order valence-corrected chi connectivity index (χ2v) is 2.59. The van der Waals surface area contributed by atoms with Crippen molar-refractivity contribution in [2.75, 3.05) is 0 Å². The van der Waals surface area contributed by atoms with Crippen molar-refractivity contribution in [1.29, 1.82) is 0 Å². The van der Waals surface area contributed by atoms with Crippen LogP contribution in [0.15, 0.2) is 30.1 Å². The molecule has 0 fully saturated rings. The zero-order valence-electron chi connectivity index (χ0n) is 6.90. The van der Waals surface area contributed by atoms with Gasteiger partial charge in [-0.2, -0.15) is 4.98 Å². The van der Waals surface area contributed by atoms with Gasteiger partial charge in [-0.1, -0.05) is 6.08 Å². The van der Waals surface area contributed by atoms with Gasteiger partial charge in [0.15, 0.2) is 11.2 Å². The lowest BCUT2D eigenvalue weighted by atomic mass is 10.5. The number of rotatable bonds is 2. The SMILES string of the molecule is C=CCn1cnc(=O)c2[nH]cnc21. The molecule has 0 saturated heterocycles. The predicted molar refractivity (Wildman–Crippen MR) is 48.3 cm³/mol. The summed E-state index contributed by atoms with van der Waals surface area (Å²) in [5.74, 6) is 0. The Morgan fingerprint density at radius 1 is 1.62 bits per heavy atom. The van der Waals surface area contributed by atoms with E-state index in [4.69, 9.17) is 0 Å².